The lowest BCUT2D eigenvalue weighted by Gasteiger charge is -2.20. The molecule has 0 saturated carbocycles. The molecular weight excluding hydrogens is 238 g/mol. The Kier molecular flexibility index (Phi) is 4.56. The Morgan fingerprint density at radius 3 is 2.95 bits per heavy atom. The van der Waals surface area contributed by atoms with Crippen LogP contribution in [0.15, 0.2) is 24.3 Å². The minimum absolute atomic E-state index is 0.0510. The van der Waals surface area contributed by atoms with Gasteiger partial charge in [-0.25, -0.2) is 0 Å². The Morgan fingerprint density at radius 2 is 2.32 bits per heavy atom. The molecule has 2 atom stereocenters. The SMILES string of the molecule is Cc1cccc(NC(=O)CN2CC(CN)CC2C)c1. The summed E-state index contributed by atoms with van der Waals surface area (Å²) in [5.74, 6) is 0.580. The van der Waals surface area contributed by atoms with Gasteiger partial charge in [0.05, 0.1) is 6.54 Å². The van der Waals surface area contributed by atoms with Crippen molar-refractivity contribution in [2.45, 2.75) is 26.3 Å². The topological polar surface area (TPSA) is 58.4 Å². The molecule has 19 heavy (non-hydrogen) atoms. The largest absolute Gasteiger partial charge is 0.330 e. The number of benzene rings is 1. The number of nitrogens with two attached hydrogens (primary N) is 1. The van der Waals surface area contributed by atoms with Crippen LogP contribution in [0.2, 0.25) is 0 Å². The number of likely N-dealkylation sites (tertiary alicyclic amines) is 1. The molecule has 0 aromatic heterocycles. The summed E-state index contributed by atoms with van der Waals surface area (Å²) in [5.41, 5.74) is 7.72. The molecule has 1 amide bonds. The van der Waals surface area contributed by atoms with E-state index in [1.807, 2.05) is 31.2 Å². The van der Waals surface area contributed by atoms with Gasteiger partial charge in [0.2, 0.25) is 5.91 Å². The van der Waals surface area contributed by atoms with E-state index in [2.05, 4.69) is 17.1 Å². The quantitative estimate of drug-likeness (QED) is 0.865. The fraction of sp³-hybridized carbons (Fsp3) is 0.533. The number of anilines is 1. The first-order valence-electron chi connectivity index (χ1n) is 6.89. The molecule has 0 aliphatic carbocycles. The number of carbonyl (C=O) groups is 1. The fourth-order valence-corrected chi connectivity index (χ4v) is 2.72. The first-order chi connectivity index (χ1) is 9.08. The number of nitrogens with zero attached hydrogens (tertiary/aromatic N) is 1. The second-order valence-electron chi connectivity index (χ2n) is 5.53. The molecule has 104 valence electrons. The van der Waals surface area contributed by atoms with Crippen molar-refractivity contribution in [2.24, 2.45) is 11.7 Å². The van der Waals surface area contributed by atoms with Gasteiger partial charge in [-0.1, -0.05) is 12.1 Å². The van der Waals surface area contributed by atoms with Gasteiger partial charge in [-0.2, -0.15) is 0 Å². The Bertz CT molecular complexity index is 447. The fourth-order valence-electron chi connectivity index (χ4n) is 2.72. The summed E-state index contributed by atoms with van der Waals surface area (Å²) in [6.45, 7) is 6.27. The maximum Gasteiger partial charge on any atom is 0.238 e. The number of aryl methyl sites for hydroxylation is 1. The van der Waals surface area contributed by atoms with Crippen LogP contribution in [0.25, 0.3) is 0 Å². The molecule has 3 N–H and O–H groups in total. The monoisotopic (exact) mass is 261 g/mol. The zero-order valence-electron chi connectivity index (χ0n) is 11.7. The van der Waals surface area contributed by atoms with E-state index < -0.39 is 0 Å². The third-order valence-corrected chi connectivity index (χ3v) is 3.77. The number of rotatable bonds is 4. The molecular formula is C15H23N3O. The van der Waals surface area contributed by atoms with Gasteiger partial charge in [0.25, 0.3) is 0 Å². The van der Waals surface area contributed by atoms with Crippen molar-refractivity contribution < 1.29 is 4.79 Å². The van der Waals surface area contributed by atoms with Gasteiger partial charge in [-0.15, -0.1) is 0 Å². The molecule has 4 nitrogen and oxygen atoms in total. The van der Waals surface area contributed by atoms with E-state index in [1.54, 1.807) is 0 Å². The van der Waals surface area contributed by atoms with E-state index >= 15 is 0 Å². The first-order valence-corrected chi connectivity index (χ1v) is 6.89. The number of nitrogens with one attached hydrogen (secondary N) is 1. The second kappa shape index (κ2) is 6.17. The van der Waals surface area contributed by atoms with Crippen molar-refractivity contribution in [2.75, 3.05) is 25.0 Å². The molecule has 0 spiro atoms. The van der Waals surface area contributed by atoms with E-state index in [-0.39, 0.29) is 5.91 Å². The van der Waals surface area contributed by atoms with E-state index in [1.165, 1.54) is 0 Å². The van der Waals surface area contributed by atoms with E-state index in [9.17, 15) is 4.79 Å². The third-order valence-electron chi connectivity index (χ3n) is 3.77. The van der Waals surface area contributed by atoms with Gasteiger partial charge in [0.15, 0.2) is 0 Å². The van der Waals surface area contributed by atoms with Crippen molar-refractivity contribution in [1.82, 2.24) is 4.90 Å². The average molecular weight is 261 g/mol. The molecule has 4 heteroatoms. The van der Waals surface area contributed by atoms with Crippen LogP contribution in [0.5, 0.6) is 0 Å². The van der Waals surface area contributed by atoms with E-state index in [0.717, 1.165) is 24.2 Å². The average Bonchev–Trinajstić information content (AvgIpc) is 2.70. The molecule has 1 aromatic rings. The van der Waals surface area contributed by atoms with Crippen LogP contribution < -0.4 is 11.1 Å². The standard InChI is InChI=1S/C15H23N3O/c1-11-4-3-5-14(6-11)17-15(19)10-18-9-13(8-16)7-12(18)2/h3-6,12-13H,7-10,16H2,1-2H3,(H,17,19). The molecule has 1 aliphatic rings. The van der Waals surface area contributed by atoms with Gasteiger partial charge < -0.3 is 11.1 Å². The third kappa shape index (κ3) is 3.78. The minimum atomic E-state index is 0.0510. The van der Waals surface area contributed by atoms with Crippen LogP contribution in [0, 0.1) is 12.8 Å². The van der Waals surface area contributed by atoms with E-state index in [0.29, 0.717) is 25.0 Å². The van der Waals surface area contributed by atoms with Gasteiger partial charge in [-0.05, 0) is 50.4 Å². The highest BCUT2D eigenvalue weighted by molar-refractivity contribution is 5.92. The van der Waals surface area contributed by atoms with Crippen molar-refractivity contribution in [3.05, 3.63) is 29.8 Å². The Morgan fingerprint density at radius 1 is 1.53 bits per heavy atom. The number of carbonyl (C=O) groups excluding carboxylic acids is 1. The van der Waals surface area contributed by atoms with Crippen molar-refractivity contribution in [3.8, 4) is 0 Å². The Balaban J connectivity index is 1.88. The lowest BCUT2D eigenvalue weighted by Crippen LogP contribution is -2.36. The predicted molar refractivity (Wildman–Crippen MR) is 78.0 cm³/mol. The maximum absolute atomic E-state index is 12.0. The van der Waals surface area contributed by atoms with Crippen LogP contribution in [-0.2, 0) is 4.79 Å². The predicted octanol–water partition coefficient (Wildman–Crippen LogP) is 1.60. The highest BCUT2D eigenvalue weighted by atomic mass is 16.2. The molecule has 1 saturated heterocycles. The molecule has 1 aromatic carbocycles. The summed E-state index contributed by atoms with van der Waals surface area (Å²) < 4.78 is 0. The Hall–Kier alpha value is -1.39. The maximum atomic E-state index is 12.0. The number of amides is 1. The van der Waals surface area contributed by atoms with Crippen molar-refractivity contribution in [3.63, 3.8) is 0 Å². The van der Waals surface area contributed by atoms with Crippen LogP contribution in [0.1, 0.15) is 18.9 Å². The zero-order chi connectivity index (χ0) is 13.8. The molecule has 1 heterocycles. The summed E-state index contributed by atoms with van der Waals surface area (Å²) in [6, 6.07) is 8.31. The lowest BCUT2D eigenvalue weighted by molar-refractivity contribution is -0.117. The molecule has 1 fully saturated rings. The molecule has 0 radical (unpaired) electrons. The van der Waals surface area contributed by atoms with Gasteiger partial charge >= 0.3 is 0 Å². The Labute approximate surface area is 115 Å². The molecule has 2 unspecified atom stereocenters. The zero-order valence-corrected chi connectivity index (χ0v) is 11.7. The van der Waals surface area contributed by atoms with Crippen molar-refractivity contribution >= 4 is 11.6 Å². The van der Waals surface area contributed by atoms with Crippen LogP contribution in [0.3, 0.4) is 0 Å². The molecule has 1 aliphatic heterocycles. The smallest absolute Gasteiger partial charge is 0.238 e. The lowest BCUT2D eigenvalue weighted by atomic mass is 10.1. The summed E-state index contributed by atoms with van der Waals surface area (Å²) in [7, 11) is 0. The summed E-state index contributed by atoms with van der Waals surface area (Å²) in [4.78, 5) is 14.2. The first kappa shape index (κ1) is 14.0. The summed E-state index contributed by atoms with van der Waals surface area (Å²) in [5, 5.41) is 2.95. The molecule has 0 bridgehead atoms. The number of hydrogen-bond donors (Lipinski definition) is 2. The second-order valence-corrected chi connectivity index (χ2v) is 5.53. The van der Waals surface area contributed by atoms with Crippen LogP contribution in [0.4, 0.5) is 5.69 Å². The van der Waals surface area contributed by atoms with Gasteiger partial charge in [0, 0.05) is 18.3 Å². The molecule has 2 rings (SSSR count). The van der Waals surface area contributed by atoms with Gasteiger partial charge in [0.1, 0.15) is 0 Å². The minimum Gasteiger partial charge on any atom is -0.330 e. The number of hydrogen-bond acceptors (Lipinski definition) is 3. The normalized spacial score (nSPS) is 23.5. The van der Waals surface area contributed by atoms with Crippen LogP contribution >= 0.6 is 0 Å². The van der Waals surface area contributed by atoms with E-state index in [4.69, 9.17) is 5.73 Å². The van der Waals surface area contributed by atoms with Crippen LogP contribution in [-0.4, -0.2) is 36.5 Å². The van der Waals surface area contributed by atoms with Crippen molar-refractivity contribution in [1.29, 1.82) is 0 Å². The van der Waals surface area contributed by atoms with Gasteiger partial charge in [-0.3, -0.25) is 9.69 Å². The highest BCUT2D eigenvalue weighted by Gasteiger charge is 2.29. The summed E-state index contributed by atoms with van der Waals surface area (Å²) >= 11 is 0. The highest BCUT2D eigenvalue weighted by Crippen LogP contribution is 2.21. The summed E-state index contributed by atoms with van der Waals surface area (Å²) in [6.07, 6.45) is 1.09.